The first-order valence-corrected chi connectivity index (χ1v) is 28.8. The summed E-state index contributed by atoms with van der Waals surface area (Å²) in [4.78, 5) is 22.8. The molecule has 0 saturated heterocycles. The summed E-state index contributed by atoms with van der Waals surface area (Å²) in [5.41, 5.74) is 5.39. The fourth-order valence-corrected chi connectivity index (χ4v) is 9.25. The minimum Gasteiger partial charge on any atom is -0.387 e. The van der Waals surface area contributed by atoms with E-state index in [4.69, 9.17) is 14.8 Å². The highest BCUT2D eigenvalue weighted by Gasteiger charge is 2.27. The highest BCUT2D eigenvalue weighted by atomic mass is 31.2. The van der Waals surface area contributed by atoms with Gasteiger partial charge in [0, 0.05) is 13.0 Å². The van der Waals surface area contributed by atoms with Crippen molar-refractivity contribution in [2.24, 2.45) is 5.73 Å². The van der Waals surface area contributed by atoms with Gasteiger partial charge in [-0.05, 0) is 19.3 Å². The van der Waals surface area contributed by atoms with Crippen LogP contribution in [-0.2, 0) is 18.4 Å². The average Bonchev–Trinajstić information content (AvgIpc) is 3.26. The van der Waals surface area contributed by atoms with Crippen LogP contribution in [0.1, 0.15) is 290 Å². The van der Waals surface area contributed by atoms with Crippen molar-refractivity contribution in [3.63, 3.8) is 0 Å². The molecule has 0 aliphatic carbocycles. The second-order valence-corrected chi connectivity index (χ2v) is 20.3. The molecule has 1 unspecified atom stereocenters. The Kier molecular flexibility index (Phi) is 49.1. The van der Waals surface area contributed by atoms with Crippen molar-refractivity contribution in [2.75, 3.05) is 19.8 Å². The molecule has 0 rings (SSSR count). The molecular formula is C53H107N2O6P. The van der Waals surface area contributed by atoms with E-state index in [2.05, 4.69) is 19.2 Å². The zero-order chi connectivity index (χ0) is 45.3. The van der Waals surface area contributed by atoms with Crippen molar-refractivity contribution < 1.29 is 28.4 Å². The Balaban J connectivity index is 3.89. The molecule has 370 valence electrons. The topological polar surface area (TPSA) is 131 Å². The first kappa shape index (κ1) is 61.2. The average molecular weight is 899 g/mol. The number of amides is 1. The fourth-order valence-electron chi connectivity index (χ4n) is 8.49. The number of hydrogen-bond acceptors (Lipinski definition) is 6. The molecule has 1 amide bonds. The van der Waals surface area contributed by atoms with Gasteiger partial charge in [-0.25, -0.2) is 4.57 Å². The molecule has 0 aromatic rings. The van der Waals surface area contributed by atoms with Crippen molar-refractivity contribution in [3.05, 3.63) is 12.2 Å². The van der Waals surface area contributed by atoms with Gasteiger partial charge in [0.25, 0.3) is 0 Å². The highest BCUT2D eigenvalue weighted by Crippen LogP contribution is 2.43. The van der Waals surface area contributed by atoms with Crippen LogP contribution in [0.25, 0.3) is 0 Å². The van der Waals surface area contributed by atoms with E-state index in [0.29, 0.717) is 6.42 Å². The molecule has 5 N–H and O–H groups in total. The van der Waals surface area contributed by atoms with E-state index in [1.807, 2.05) is 6.08 Å². The normalized spacial score (nSPS) is 13.8. The molecule has 0 heterocycles. The molecule has 8 nitrogen and oxygen atoms in total. The molecule has 62 heavy (non-hydrogen) atoms. The number of phosphoric ester groups is 1. The molecule has 0 aliphatic rings. The van der Waals surface area contributed by atoms with Crippen LogP contribution in [0.4, 0.5) is 0 Å². The fraction of sp³-hybridized carbons (Fsp3) is 0.943. The Labute approximate surface area is 385 Å². The van der Waals surface area contributed by atoms with Gasteiger partial charge in [-0.1, -0.05) is 276 Å². The quantitative estimate of drug-likeness (QED) is 0.0272. The number of allylic oxidation sites excluding steroid dienone is 1. The number of carbonyl (C=O) groups excluding carboxylic acids is 1. The number of aliphatic hydroxyl groups excluding tert-OH is 1. The number of nitrogens with two attached hydrogens (primary N) is 1. The Morgan fingerprint density at radius 2 is 0.823 bits per heavy atom. The third-order valence-corrected chi connectivity index (χ3v) is 13.6. The standard InChI is InChI=1S/C53H107N2O6P/c1-3-5-7-9-11-13-15-17-19-20-21-22-23-24-25-26-27-28-29-30-31-32-33-35-37-39-41-43-45-47-53(57)55-51(50-61-62(58,59)60-49-48-54)52(56)46-44-42-40-38-36-34-18-16-14-12-10-8-6-4-2/h44,46,51-52,56H,3-43,45,47-50,54H2,1-2H3,(H,55,57)(H,58,59)/b46-44+/t51-,52+/m0/s1. The lowest BCUT2D eigenvalue weighted by atomic mass is 10.0. The van der Waals surface area contributed by atoms with E-state index < -0.39 is 20.0 Å². The van der Waals surface area contributed by atoms with Crippen LogP contribution in [0.3, 0.4) is 0 Å². The van der Waals surface area contributed by atoms with Crippen molar-refractivity contribution in [1.29, 1.82) is 0 Å². The molecule has 0 aromatic heterocycles. The Hall–Kier alpha value is -0.760. The summed E-state index contributed by atoms with van der Waals surface area (Å²) in [6, 6.07) is -0.855. The number of unbranched alkanes of at least 4 members (excludes halogenated alkanes) is 40. The minimum absolute atomic E-state index is 0.0816. The number of aliphatic hydroxyl groups is 1. The van der Waals surface area contributed by atoms with Gasteiger partial charge in [0.2, 0.25) is 5.91 Å². The number of rotatable bonds is 52. The first-order valence-electron chi connectivity index (χ1n) is 27.3. The van der Waals surface area contributed by atoms with Crippen LogP contribution in [0, 0.1) is 0 Å². The highest BCUT2D eigenvalue weighted by molar-refractivity contribution is 7.47. The molecule has 0 aromatic carbocycles. The number of nitrogens with one attached hydrogen (secondary N) is 1. The van der Waals surface area contributed by atoms with Crippen LogP contribution < -0.4 is 11.1 Å². The van der Waals surface area contributed by atoms with Crippen molar-refractivity contribution in [3.8, 4) is 0 Å². The Bertz CT molecular complexity index is 984. The van der Waals surface area contributed by atoms with Gasteiger partial charge in [0.1, 0.15) is 0 Å². The SMILES string of the molecule is CCCCCCCCCCCCCC/C=C/[C@@H](O)[C@H](COP(=O)(O)OCCN)NC(=O)CCCCCCCCCCCCCCCCCCCCCCCCCCCCCCC. The zero-order valence-corrected chi connectivity index (χ0v) is 42.3. The van der Waals surface area contributed by atoms with Crippen LogP contribution in [0.5, 0.6) is 0 Å². The molecule has 0 bridgehead atoms. The lowest BCUT2D eigenvalue weighted by molar-refractivity contribution is -0.123. The summed E-state index contributed by atoms with van der Waals surface area (Å²) >= 11 is 0. The summed E-state index contributed by atoms with van der Waals surface area (Å²) in [5, 5.41) is 13.7. The van der Waals surface area contributed by atoms with Crippen LogP contribution in [-0.4, -0.2) is 47.8 Å². The zero-order valence-electron chi connectivity index (χ0n) is 41.4. The molecule has 0 fully saturated rings. The molecule has 0 radical (unpaired) electrons. The number of hydrogen-bond donors (Lipinski definition) is 4. The van der Waals surface area contributed by atoms with Crippen molar-refractivity contribution >= 4 is 13.7 Å². The Morgan fingerprint density at radius 1 is 0.516 bits per heavy atom. The maximum Gasteiger partial charge on any atom is 0.472 e. The third-order valence-electron chi connectivity index (χ3n) is 12.6. The molecule has 0 spiro atoms. The lowest BCUT2D eigenvalue weighted by Crippen LogP contribution is -2.45. The largest absolute Gasteiger partial charge is 0.472 e. The van der Waals surface area contributed by atoms with E-state index in [1.165, 1.54) is 231 Å². The molecular weight excluding hydrogens is 792 g/mol. The summed E-state index contributed by atoms with van der Waals surface area (Å²) in [6.45, 7) is 4.18. The summed E-state index contributed by atoms with van der Waals surface area (Å²) in [6.07, 6.45) is 58.7. The van der Waals surface area contributed by atoms with E-state index in [-0.39, 0.29) is 25.7 Å². The van der Waals surface area contributed by atoms with Gasteiger partial charge in [-0.3, -0.25) is 13.8 Å². The van der Waals surface area contributed by atoms with E-state index in [9.17, 15) is 19.4 Å². The third kappa shape index (κ3) is 47.2. The smallest absolute Gasteiger partial charge is 0.387 e. The van der Waals surface area contributed by atoms with Gasteiger partial charge < -0.3 is 21.1 Å². The van der Waals surface area contributed by atoms with Gasteiger partial charge in [-0.2, -0.15) is 0 Å². The van der Waals surface area contributed by atoms with Gasteiger partial charge in [0.05, 0.1) is 25.4 Å². The second-order valence-electron chi connectivity index (χ2n) is 18.8. The summed E-state index contributed by atoms with van der Waals surface area (Å²) < 4.78 is 22.2. The van der Waals surface area contributed by atoms with E-state index >= 15 is 0 Å². The summed E-state index contributed by atoms with van der Waals surface area (Å²) in [5.74, 6) is -0.187. The van der Waals surface area contributed by atoms with Crippen LogP contribution >= 0.6 is 7.82 Å². The van der Waals surface area contributed by atoms with Gasteiger partial charge in [0.15, 0.2) is 0 Å². The first-order chi connectivity index (χ1) is 30.4. The minimum atomic E-state index is -4.34. The number of phosphoric acid groups is 1. The predicted molar refractivity (Wildman–Crippen MR) is 268 cm³/mol. The van der Waals surface area contributed by atoms with E-state index in [1.54, 1.807) is 6.08 Å². The van der Waals surface area contributed by atoms with Gasteiger partial charge in [-0.15, -0.1) is 0 Å². The van der Waals surface area contributed by atoms with Gasteiger partial charge >= 0.3 is 7.82 Å². The maximum atomic E-state index is 12.8. The Morgan fingerprint density at radius 3 is 1.15 bits per heavy atom. The van der Waals surface area contributed by atoms with Crippen LogP contribution in [0.2, 0.25) is 0 Å². The lowest BCUT2D eigenvalue weighted by Gasteiger charge is -2.23. The van der Waals surface area contributed by atoms with Crippen LogP contribution in [0.15, 0.2) is 12.2 Å². The predicted octanol–water partition coefficient (Wildman–Crippen LogP) is 16.3. The second kappa shape index (κ2) is 49.7. The maximum absolute atomic E-state index is 12.8. The monoisotopic (exact) mass is 899 g/mol. The molecule has 9 heteroatoms. The number of carbonyl (C=O) groups is 1. The summed E-state index contributed by atoms with van der Waals surface area (Å²) in [7, 11) is -4.34. The molecule has 0 saturated carbocycles. The van der Waals surface area contributed by atoms with Crippen molar-refractivity contribution in [1.82, 2.24) is 5.32 Å². The van der Waals surface area contributed by atoms with E-state index in [0.717, 1.165) is 38.5 Å². The van der Waals surface area contributed by atoms with Crippen molar-refractivity contribution in [2.45, 2.75) is 302 Å². The molecule has 0 aliphatic heterocycles. The molecule has 3 atom stereocenters.